The van der Waals surface area contributed by atoms with Crippen molar-refractivity contribution < 1.29 is 30.0 Å². The van der Waals surface area contributed by atoms with Gasteiger partial charge in [-0.15, -0.1) is 0 Å². The van der Waals surface area contributed by atoms with Gasteiger partial charge in [-0.05, 0) is 53.3 Å². The molecule has 5 rings (SSSR count). The molecule has 0 saturated carbocycles. The van der Waals surface area contributed by atoms with Gasteiger partial charge in [0.25, 0.3) is 0 Å². The minimum Gasteiger partial charge on any atom is -0.512 e. The SMILES string of the molecule is CC(=O)/C=C(/C)O.[Ir].c1ccc2c(C3=Nc4cccc5cccc(c45)[N-]3)nccc2c1. The van der Waals surface area contributed by atoms with Gasteiger partial charge in [0.2, 0.25) is 0 Å². The summed E-state index contributed by atoms with van der Waals surface area (Å²) in [5.41, 5.74) is 2.74. The second-order valence-corrected chi connectivity index (χ2v) is 6.98. The number of carbonyl (C=O) groups excluding carboxylic acids is 1. The number of nitrogens with zero attached hydrogens (tertiary/aromatic N) is 3. The first kappa shape index (κ1) is 22.3. The van der Waals surface area contributed by atoms with E-state index in [1.165, 1.54) is 19.9 Å². The molecule has 1 N–H and O–H groups in total. The number of hydrogen-bond acceptors (Lipinski definition) is 4. The zero-order valence-electron chi connectivity index (χ0n) is 17.0. The molecule has 2 heterocycles. The summed E-state index contributed by atoms with van der Waals surface area (Å²) in [7, 11) is 0. The van der Waals surface area contributed by atoms with Crippen molar-refractivity contribution >= 4 is 44.5 Å². The molecule has 4 aromatic rings. The number of aliphatic imine (C=N–C) groups is 1. The number of aliphatic hydroxyl groups excluding tert-OH is 1. The Bertz CT molecular complexity index is 1310. The van der Waals surface area contributed by atoms with Gasteiger partial charge in [0, 0.05) is 37.8 Å². The van der Waals surface area contributed by atoms with E-state index in [4.69, 9.17) is 15.4 Å². The number of benzene rings is 3. The number of rotatable bonds is 2. The molecule has 0 aliphatic carbocycles. The van der Waals surface area contributed by atoms with Crippen molar-refractivity contribution in [3.63, 3.8) is 0 Å². The maximum atomic E-state index is 10.0. The van der Waals surface area contributed by atoms with Gasteiger partial charge in [0.15, 0.2) is 5.78 Å². The average molecular weight is 587 g/mol. The van der Waals surface area contributed by atoms with Gasteiger partial charge < -0.3 is 15.4 Å². The third kappa shape index (κ3) is 4.88. The number of aliphatic hydroxyl groups is 1. The van der Waals surface area contributed by atoms with Crippen LogP contribution in [-0.2, 0) is 24.9 Å². The van der Waals surface area contributed by atoms with Crippen LogP contribution < -0.4 is 0 Å². The fourth-order valence-electron chi connectivity index (χ4n) is 3.44. The van der Waals surface area contributed by atoms with Crippen molar-refractivity contribution in [1.29, 1.82) is 0 Å². The van der Waals surface area contributed by atoms with E-state index in [1.54, 1.807) is 0 Å². The summed E-state index contributed by atoms with van der Waals surface area (Å²) >= 11 is 0. The molecule has 0 amide bonds. The Morgan fingerprint density at radius 1 is 0.935 bits per heavy atom. The summed E-state index contributed by atoms with van der Waals surface area (Å²) in [6, 6.07) is 22.5. The van der Waals surface area contributed by atoms with Gasteiger partial charge in [-0.1, -0.05) is 60.7 Å². The maximum absolute atomic E-state index is 10.0. The summed E-state index contributed by atoms with van der Waals surface area (Å²) in [6.07, 6.45) is 2.98. The van der Waals surface area contributed by atoms with Crippen molar-refractivity contribution in [2.24, 2.45) is 4.99 Å². The average Bonchev–Trinajstić information content (AvgIpc) is 2.73. The molecule has 157 valence electrons. The number of amidine groups is 1. The number of ketones is 1. The molecular weight excluding hydrogens is 567 g/mol. The number of aromatic nitrogens is 1. The van der Waals surface area contributed by atoms with Gasteiger partial charge in [0.05, 0.1) is 11.5 Å². The molecule has 0 fully saturated rings. The molecule has 0 bridgehead atoms. The molecule has 1 radical (unpaired) electrons. The standard InChI is InChI=1S/C20H12N3.C5H8O2.Ir/c1-2-8-15-13(5-1)11-12-21-19(15)20-22-16-9-3-6-14-7-4-10-17(23-20)18(14)16;1-4(6)3-5(2)7;/h1-12H;3,6H,1-2H3;/q-1;;/b;4-3-;. The molecule has 31 heavy (non-hydrogen) atoms. The normalized spacial score (nSPS) is 12.2. The van der Waals surface area contributed by atoms with E-state index in [0.29, 0.717) is 5.84 Å². The minimum absolute atomic E-state index is 0. The number of carbonyl (C=O) groups is 1. The summed E-state index contributed by atoms with van der Waals surface area (Å²) in [6.45, 7) is 2.85. The van der Waals surface area contributed by atoms with Gasteiger partial charge in [-0.25, -0.2) is 0 Å². The van der Waals surface area contributed by atoms with Gasteiger partial charge in [0.1, 0.15) is 0 Å². The zero-order chi connectivity index (χ0) is 21.1. The molecule has 1 aliphatic rings. The summed E-state index contributed by atoms with van der Waals surface area (Å²) in [5, 5.41) is 17.6. The second-order valence-electron chi connectivity index (χ2n) is 6.98. The summed E-state index contributed by atoms with van der Waals surface area (Å²) in [4.78, 5) is 19.3. The minimum atomic E-state index is -0.125. The van der Waals surface area contributed by atoms with Crippen molar-refractivity contribution in [3.05, 3.63) is 95.8 Å². The second kappa shape index (κ2) is 9.65. The van der Waals surface area contributed by atoms with Crippen molar-refractivity contribution in [2.45, 2.75) is 13.8 Å². The topological polar surface area (TPSA) is 76.7 Å². The fraction of sp³-hybridized carbons (Fsp3) is 0.0800. The number of pyridine rings is 1. The van der Waals surface area contributed by atoms with Crippen LogP contribution in [-0.4, -0.2) is 21.7 Å². The van der Waals surface area contributed by atoms with E-state index >= 15 is 0 Å². The Balaban J connectivity index is 0.000000299. The first-order valence-electron chi connectivity index (χ1n) is 9.57. The zero-order valence-corrected chi connectivity index (χ0v) is 19.4. The van der Waals surface area contributed by atoms with Crippen LogP contribution in [0.2, 0.25) is 0 Å². The number of fused-ring (bicyclic) bond motifs is 1. The molecule has 1 aromatic heterocycles. The third-order valence-corrected chi connectivity index (χ3v) is 4.61. The molecule has 0 saturated heterocycles. The van der Waals surface area contributed by atoms with Crippen LogP contribution >= 0.6 is 0 Å². The molecular formula is C25H20IrN3O2-. The molecule has 0 atom stereocenters. The van der Waals surface area contributed by atoms with Crippen LogP contribution in [0.5, 0.6) is 0 Å². The van der Waals surface area contributed by atoms with Crippen molar-refractivity contribution in [2.75, 3.05) is 0 Å². The van der Waals surface area contributed by atoms with E-state index in [1.807, 2.05) is 48.7 Å². The van der Waals surface area contributed by atoms with E-state index in [2.05, 4.69) is 29.2 Å². The smallest absolute Gasteiger partial charge is 0.155 e. The predicted octanol–water partition coefficient (Wildman–Crippen LogP) is 6.52. The maximum Gasteiger partial charge on any atom is 0.155 e. The molecule has 6 heteroatoms. The van der Waals surface area contributed by atoms with E-state index in [-0.39, 0.29) is 31.6 Å². The molecule has 1 aliphatic heterocycles. The Labute approximate surface area is 193 Å². The molecule has 0 spiro atoms. The van der Waals surface area contributed by atoms with Gasteiger partial charge in [-0.2, -0.15) is 0 Å². The van der Waals surface area contributed by atoms with Gasteiger partial charge >= 0.3 is 0 Å². The van der Waals surface area contributed by atoms with Crippen LogP contribution in [0.25, 0.3) is 26.9 Å². The van der Waals surface area contributed by atoms with Crippen molar-refractivity contribution in [1.82, 2.24) is 4.98 Å². The number of hydrogen-bond donors (Lipinski definition) is 1. The predicted molar refractivity (Wildman–Crippen MR) is 122 cm³/mol. The van der Waals surface area contributed by atoms with E-state index in [9.17, 15) is 4.79 Å². The molecule has 0 unspecified atom stereocenters. The van der Waals surface area contributed by atoms with Crippen LogP contribution in [0.15, 0.2) is 89.8 Å². The Kier molecular flexibility index (Phi) is 6.95. The first-order valence-corrected chi connectivity index (χ1v) is 9.57. The van der Waals surface area contributed by atoms with Crippen molar-refractivity contribution in [3.8, 4) is 0 Å². The third-order valence-electron chi connectivity index (χ3n) is 4.61. The Hall–Kier alpha value is -3.34. The van der Waals surface area contributed by atoms with Crippen LogP contribution in [0.3, 0.4) is 0 Å². The van der Waals surface area contributed by atoms with Crippen LogP contribution in [0.4, 0.5) is 11.4 Å². The molecule has 5 nitrogen and oxygen atoms in total. The Morgan fingerprint density at radius 3 is 2.35 bits per heavy atom. The van der Waals surface area contributed by atoms with Crippen LogP contribution in [0.1, 0.15) is 19.5 Å². The molecule has 3 aromatic carbocycles. The van der Waals surface area contributed by atoms with E-state index in [0.717, 1.165) is 38.6 Å². The number of allylic oxidation sites excluding steroid dienone is 2. The van der Waals surface area contributed by atoms with Crippen LogP contribution in [0, 0.1) is 0 Å². The largest absolute Gasteiger partial charge is 0.512 e. The van der Waals surface area contributed by atoms with Gasteiger partial charge in [-0.3, -0.25) is 9.78 Å². The van der Waals surface area contributed by atoms with E-state index < -0.39 is 0 Å². The quantitative estimate of drug-likeness (QED) is 0.215. The monoisotopic (exact) mass is 587 g/mol. The Morgan fingerprint density at radius 2 is 1.65 bits per heavy atom. The first-order chi connectivity index (χ1) is 14.5. The summed E-state index contributed by atoms with van der Waals surface area (Å²) < 4.78 is 0. The summed E-state index contributed by atoms with van der Waals surface area (Å²) in [5.74, 6) is 0.612. The fourth-order valence-corrected chi connectivity index (χ4v) is 3.44.